The van der Waals surface area contributed by atoms with Gasteiger partial charge in [0.1, 0.15) is 0 Å². The molecule has 0 unspecified atom stereocenters. The van der Waals surface area contributed by atoms with Gasteiger partial charge >= 0.3 is 0 Å². The molecule has 2 rings (SSSR count). The van der Waals surface area contributed by atoms with Crippen molar-refractivity contribution in [3.8, 4) is 0 Å². The van der Waals surface area contributed by atoms with Gasteiger partial charge < -0.3 is 15.8 Å². The monoisotopic (exact) mass is 261 g/mol. The van der Waals surface area contributed by atoms with Crippen LogP contribution in [0.4, 0.5) is 5.69 Å². The van der Waals surface area contributed by atoms with E-state index in [9.17, 15) is 0 Å². The summed E-state index contributed by atoms with van der Waals surface area (Å²) in [5.41, 5.74) is 7.59. The van der Waals surface area contributed by atoms with E-state index >= 15 is 0 Å². The van der Waals surface area contributed by atoms with Gasteiger partial charge in [-0.05, 0) is 43.7 Å². The lowest BCUT2D eigenvalue weighted by molar-refractivity contribution is 0.318. The molecule has 0 saturated heterocycles. The molecular formula is C15H23N3O. The number of oxime groups is 1. The van der Waals surface area contributed by atoms with Crippen molar-refractivity contribution in [3.05, 3.63) is 29.8 Å². The molecule has 0 radical (unpaired) electrons. The molecule has 4 heteroatoms. The maximum atomic E-state index is 8.88. The lowest BCUT2D eigenvalue weighted by atomic mass is 9.86. The average Bonchev–Trinajstić information content (AvgIpc) is 2.46. The van der Waals surface area contributed by atoms with Crippen LogP contribution in [0.15, 0.2) is 29.4 Å². The minimum Gasteiger partial charge on any atom is -0.409 e. The summed E-state index contributed by atoms with van der Waals surface area (Å²) in [5.74, 6) is 1.01. The fraction of sp³-hybridized carbons (Fsp3) is 0.533. The molecule has 0 spiro atoms. The molecule has 1 aliphatic rings. The normalized spacial score (nSPS) is 24.2. The molecule has 19 heavy (non-hydrogen) atoms. The Bertz CT molecular complexity index is 450. The van der Waals surface area contributed by atoms with E-state index in [0.717, 1.165) is 17.2 Å². The van der Waals surface area contributed by atoms with E-state index in [1.165, 1.54) is 25.7 Å². The summed E-state index contributed by atoms with van der Waals surface area (Å²) in [4.78, 5) is 2.28. The highest BCUT2D eigenvalue weighted by atomic mass is 16.4. The van der Waals surface area contributed by atoms with Crippen molar-refractivity contribution in [1.82, 2.24) is 0 Å². The Labute approximate surface area is 114 Å². The number of para-hydroxylation sites is 1. The highest BCUT2D eigenvalue weighted by molar-refractivity contribution is 6.02. The molecule has 104 valence electrons. The van der Waals surface area contributed by atoms with Gasteiger partial charge in [-0.25, -0.2) is 0 Å². The third-order valence-electron chi connectivity index (χ3n) is 4.20. The van der Waals surface area contributed by atoms with Gasteiger partial charge in [-0.3, -0.25) is 0 Å². The molecule has 1 aromatic carbocycles. The van der Waals surface area contributed by atoms with Crippen LogP contribution in [0.1, 0.15) is 38.2 Å². The highest BCUT2D eigenvalue weighted by Gasteiger charge is 2.23. The van der Waals surface area contributed by atoms with Gasteiger partial charge in [-0.15, -0.1) is 0 Å². The summed E-state index contributed by atoms with van der Waals surface area (Å²) < 4.78 is 0. The van der Waals surface area contributed by atoms with Gasteiger partial charge in [0, 0.05) is 24.3 Å². The third kappa shape index (κ3) is 3.00. The van der Waals surface area contributed by atoms with Gasteiger partial charge in [0.25, 0.3) is 0 Å². The maximum absolute atomic E-state index is 8.88. The van der Waals surface area contributed by atoms with E-state index in [2.05, 4.69) is 24.0 Å². The van der Waals surface area contributed by atoms with E-state index in [0.29, 0.717) is 6.04 Å². The van der Waals surface area contributed by atoms with Gasteiger partial charge in [0.15, 0.2) is 5.84 Å². The number of rotatable bonds is 3. The van der Waals surface area contributed by atoms with Crippen LogP contribution in [-0.2, 0) is 0 Å². The highest BCUT2D eigenvalue weighted by Crippen LogP contribution is 2.30. The topological polar surface area (TPSA) is 61.8 Å². The average molecular weight is 261 g/mol. The zero-order valence-electron chi connectivity index (χ0n) is 11.7. The molecule has 0 bridgehead atoms. The number of anilines is 1. The SMILES string of the molecule is CC1CCC(N(C)c2ccccc2/C(N)=N/O)CC1. The minimum absolute atomic E-state index is 0.173. The summed E-state index contributed by atoms with van der Waals surface area (Å²) in [7, 11) is 2.10. The lowest BCUT2D eigenvalue weighted by Gasteiger charge is -2.36. The molecule has 4 nitrogen and oxygen atoms in total. The first-order valence-corrected chi connectivity index (χ1v) is 6.93. The number of nitrogens with zero attached hydrogens (tertiary/aromatic N) is 2. The zero-order chi connectivity index (χ0) is 13.8. The second-order valence-electron chi connectivity index (χ2n) is 5.53. The van der Waals surface area contributed by atoms with E-state index in [4.69, 9.17) is 10.9 Å². The Morgan fingerprint density at radius 2 is 1.89 bits per heavy atom. The largest absolute Gasteiger partial charge is 0.409 e. The Hall–Kier alpha value is -1.71. The Balaban J connectivity index is 2.21. The first-order chi connectivity index (χ1) is 9.13. The van der Waals surface area contributed by atoms with Crippen LogP contribution in [0.5, 0.6) is 0 Å². The van der Waals surface area contributed by atoms with Gasteiger partial charge in [-0.1, -0.05) is 24.2 Å². The number of nitrogens with two attached hydrogens (primary N) is 1. The second-order valence-corrected chi connectivity index (χ2v) is 5.53. The van der Waals surface area contributed by atoms with E-state index < -0.39 is 0 Å². The van der Waals surface area contributed by atoms with Crippen LogP contribution in [0.3, 0.4) is 0 Å². The first kappa shape index (κ1) is 13.7. The predicted molar refractivity (Wildman–Crippen MR) is 78.8 cm³/mol. The number of hydrogen-bond donors (Lipinski definition) is 2. The summed E-state index contributed by atoms with van der Waals surface area (Å²) in [5, 5.41) is 12.0. The van der Waals surface area contributed by atoms with Crippen molar-refractivity contribution >= 4 is 11.5 Å². The third-order valence-corrected chi connectivity index (χ3v) is 4.20. The van der Waals surface area contributed by atoms with Crippen molar-refractivity contribution in [2.45, 2.75) is 38.6 Å². The van der Waals surface area contributed by atoms with Crippen LogP contribution in [0, 0.1) is 5.92 Å². The van der Waals surface area contributed by atoms with Crippen molar-refractivity contribution in [1.29, 1.82) is 0 Å². The lowest BCUT2D eigenvalue weighted by Crippen LogP contribution is -2.36. The number of hydrogen-bond acceptors (Lipinski definition) is 3. The summed E-state index contributed by atoms with van der Waals surface area (Å²) in [6, 6.07) is 8.38. The van der Waals surface area contributed by atoms with Crippen molar-refractivity contribution in [3.63, 3.8) is 0 Å². The van der Waals surface area contributed by atoms with Gasteiger partial charge in [0.2, 0.25) is 0 Å². The fourth-order valence-corrected chi connectivity index (χ4v) is 2.88. The zero-order valence-corrected chi connectivity index (χ0v) is 11.7. The van der Waals surface area contributed by atoms with Crippen molar-refractivity contribution in [2.75, 3.05) is 11.9 Å². The molecule has 3 N–H and O–H groups in total. The summed E-state index contributed by atoms with van der Waals surface area (Å²) in [6.45, 7) is 2.32. The fourth-order valence-electron chi connectivity index (χ4n) is 2.88. The van der Waals surface area contributed by atoms with Crippen LogP contribution < -0.4 is 10.6 Å². The van der Waals surface area contributed by atoms with Crippen LogP contribution in [0.25, 0.3) is 0 Å². The van der Waals surface area contributed by atoms with Crippen LogP contribution >= 0.6 is 0 Å². The Morgan fingerprint density at radius 1 is 1.26 bits per heavy atom. The molecule has 1 saturated carbocycles. The smallest absolute Gasteiger partial charge is 0.172 e. The predicted octanol–water partition coefficient (Wildman–Crippen LogP) is 2.80. The van der Waals surface area contributed by atoms with E-state index in [1.54, 1.807) is 0 Å². The molecule has 0 atom stereocenters. The molecule has 1 fully saturated rings. The Kier molecular flexibility index (Phi) is 4.30. The number of benzene rings is 1. The van der Waals surface area contributed by atoms with E-state index in [1.807, 2.05) is 24.3 Å². The Morgan fingerprint density at radius 3 is 2.53 bits per heavy atom. The molecule has 0 heterocycles. The molecular weight excluding hydrogens is 238 g/mol. The quantitative estimate of drug-likeness (QED) is 0.380. The van der Waals surface area contributed by atoms with Crippen molar-refractivity contribution < 1.29 is 5.21 Å². The van der Waals surface area contributed by atoms with Gasteiger partial charge in [-0.2, -0.15) is 0 Å². The molecule has 1 aliphatic carbocycles. The number of amidine groups is 1. The van der Waals surface area contributed by atoms with Crippen LogP contribution in [0.2, 0.25) is 0 Å². The van der Waals surface area contributed by atoms with Crippen molar-refractivity contribution in [2.24, 2.45) is 16.8 Å². The van der Waals surface area contributed by atoms with E-state index in [-0.39, 0.29) is 5.84 Å². The summed E-state index contributed by atoms with van der Waals surface area (Å²) in [6.07, 6.45) is 4.98. The molecule has 1 aromatic rings. The first-order valence-electron chi connectivity index (χ1n) is 6.93. The van der Waals surface area contributed by atoms with Crippen LogP contribution in [-0.4, -0.2) is 24.1 Å². The minimum atomic E-state index is 0.173. The summed E-state index contributed by atoms with van der Waals surface area (Å²) >= 11 is 0. The second kappa shape index (κ2) is 5.95. The van der Waals surface area contributed by atoms with Gasteiger partial charge in [0.05, 0.1) is 0 Å². The molecule has 0 aromatic heterocycles. The standard InChI is InChI=1S/C15H23N3O/c1-11-7-9-12(10-8-11)18(2)14-6-4-3-5-13(14)15(16)17-19/h3-6,11-12,19H,7-10H2,1-2H3,(H2,16,17). The maximum Gasteiger partial charge on any atom is 0.172 e. The molecule has 0 amide bonds. The molecule has 0 aliphatic heterocycles.